The first-order chi connectivity index (χ1) is 11.8. The molecule has 1 heterocycles. The molecule has 134 valence electrons. The van der Waals surface area contributed by atoms with Crippen molar-refractivity contribution >= 4 is 40.7 Å². The lowest BCUT2D eigenvalue weighted by molar-refractivity contribution is -0.133. The largest absolute Gasteiger partial charge is 0.489 e. The number of hydrogen-bond acceptors (Lipinski definition) is 8. The van der Waals surface area contributed by atoms with Crippen LogP contribution in [0.15, 0.2) is 39.3 Å². The van der Waals surface area contributed by atoms with Gasteiger partial charge in [0.15, 0.2) is 5.70 Å². The number of aliphatic carboxylic acids is 1. The van der Waals surface area contributed by atoms with Crippen molar-refractivity contribution in [3.05, 3.63) is 39.3 Å². The molecule has 0 saturated carbocycles. The van der Waals surface area contributed by atoms with Gasteiger partial charge >= 0.3 is 5.97 Å². The molecule has 0 unspecified atom stereocenters. The maximum absolute atomic E-state index is 11.0. The number of hydrazine groups is 1. The van der Waals surface area contributed by atoms with Crippen molar-refractivity contribution < 1.29 is 14.6 Å². The lowest BCUT2D eigenvalue weighted by Crippen LogP contribution is -2.29. The number of nitrogens with one attached hydrogen (secondary N) is 1. The molecule has 0 saturated heterocycles. The van der Waals surface area contributed by atoms with Gasteiger partial charge in [-0.2, -0.15) is 0 Å². The lowest BCUT2D eigenvalue weighted by atomic mass is 10.2. The Morgan fingerprint density at radius 1 is 1.48 bits per heavy atom. The fourth-order valence-corrected chi connectivity index (χ4v) is 3.73. The molecular weight excluding hydrogens is 384 g/mol. The number of halogens is 1. The minimum Gasteiger partial charge on any atom is -0.489 e. The Balaban J connectivity index is 2.21. The fraction of sp³-hybridized carbons (Fsp3) is 0.200. The molecule has 0 atom stereocenters. The van der Waals surface area contributed by atoms with Crippen LogP contribution in [-0.2, 0) is 4.79 Å². The van der Waals surface area contributed by atoms with Crippen LogP contribution in [0.25, 0.3) is 10.6 Å². The number of nitrogens with two attached hydrogens (primary N) is 2. The fourth-order valence-electron chi connectivity index (χ4n) is 1.82. The van der Waals surface area contributed by atoms with Gasteiger partial charge in [-0.1, -0.05) is 11.6 Å². The number of benzene rings is 1. The number of thiazole rings is 1. The Bertz CT molecular complexity index is 808. The molecule has 0 spiro atoms. The van der Waals surface area contributed by atoms with Crippen LogP contribution in [0.3, 0.4) is 0 Å². The number of rotatable bonds is 7. The van der Waals surface area contributed by atoms with Gasteiger partial charge in [-0.15, -0.1) is 11.3 Å². The van der Waals surface area contributed by atoms with Crippen LogP contribution in [0, 0.1) is 0 Å². The van der Waals surface area contributed by atoms with E-state index in [9.17, 15) is 4.79 Å². The van der Waals surface area contributed by atoms with E-state index in [2.05, 4.69) is 10.4 Å². The van der Waals surface area contributed by atoms with E-state index in [4.69, 9.17) is 33.0 Å². The average Bonchev–Trinajstić information content (AvgIpc) is 2.97. The van der Waals surface area contributed by atoms with E-state index in [1.807, 2.05) is 19.9 Å². The lowest BCUT2D eigenvalue weighted by Gasteiger charge is -2.11. The zero-order valence-electron chi connectivity index (χ0n) is 13.4. The SMILES string of the molecule is CC(C)Oc1ccc(-c2nc(S/C(N)=C(/NN)C(=O)O)cs2)cc1Cl. The predicted molar refractivity (Wildman–Crippen MR) is 100 cm³/mol. The van der Waals surface area contributed by atoms with Crippen molar-refractivity contribution in [2.45, 2.75) is 25.0 Å². The van der Waals surface area contributed by atoms with Crippen molar-refractivity contribution in [1.29, 1.82) is 0 Å². The number of hydrogen-bond donors (Lipinski definition) is 4. The zero-order chi connectivity index (χ0) is 18.6. The predicted octanol–water partition coefficient (Wildman–Crippen LogP) is 3.02. The zero-order valence-corrected chi connectivity index (χ0v) is 15.8. The normalized spacial score (nSPS) is 12.0. The molecule has 0 radical (unpaired) electrons. The Labute approximate surface area is 158 Å². The van der Waals surface area contributed by atoms with E-state index in [1.165, 1.54) is 11.3 Å². The number of carboxylic acids is 1. The molecule has 6 N–H and O–H groups in total. The molecule has 0 fully saturated rings. The third kappa shape index (κ3) is 5.02. The molecule has 0 amide bonds. The monoisotopic (exact) mass is 400 g/mol. The van der Waals surface area contributed by atoms with Gasteiger partial charge in [0.25, 0.3) is 0 Å². The number of ether oxygens (including phenoxy) is 1. The molecule has 0 aliphatic carbocycles. The van der Waals surface area contributed by atoms with Gasteiger partial charge in [-0.3, -0.25) is 5.84 Å². The van der Waals surface area contributed by atoms with Gasteiger partial charge in [-0.25, -0.2) is 9.78 Å². The summed E-state index contributed by atoms with van der Waals surface area (Å²) in [5, 5.41) is 12.6. The second-order valence-corrected chi connectivity index (χ2v) is 7.42. The topological polar surface area (TPSA) is 123 Å². The summed E-state index contributed by atoms with van der Waals surface area (Å²) >= 11 is 8.65. The van der Waals surface area contributed by atoms with Crippen molar-refractivity contribution in [3.8, 4) is 16.3 Å². The summed E-state index contributed by atoms with van der Waals surface area (Å²) in [5.41, 5.74) is 8.36. The summed E-state index contributed by atoms with van der Waals surface area (Å²) in [4.78, 5) is 15.4. The Morgan fingerprint density at radius 2 is 2.20 bits per heavy atom. The average molecular weight is 401 g/mol. The smallest absolute Gasteiger partial charge is 0.356 e. The number of carboxylic acid groups (broad SMARTS) is 1. The number of carbonyl (C=O) groups is 1. The molecule has 7 nitrogen and oxygen atoms in total. The van der Waals surface area contributed by atoms with Crippen LogP contribution in [0.4, 0.5) is 0 Å². The highest BCUT2D eigenvalue weighted by atomic mass is 35.5. The van der Waals surface area contributed by atoms with E-state index in [-0.39, 0.29) is 16.8 Å². The first-order valence-corrected chi connectivity index (χ1v) is 9.18. The van der Waals surface area contributed by atoms with Crippen molar-refractivity contribution in [3.63, 3.8) is 0 Å². The summed E-state index contributed by atoms with van der Waals surface area (Å²) in [6.07, 6.45) is 0.0283. The molecule has 1 aromatic heterocycles. The van der Waals surface area contributed by atoms with Crippen LogP contribution in [0.5, 0.6) is 5.75 Å². The Hall–Kier alpha value is -1.94. The second kappa shape index (κ2) is 8.43. The van der Waals surface area contributed by atoms with E-state index >= 15 is 0 Å². The van der Waals surface area contributed by atoms with Gasteiger partial charge in [0.2, 0.25) is 0 Å². The molecule has 2 rings (SSSR count). The third-order valence-corrected chi connectivity index (χ3v) is 5.02. The maximum Gasteiger partial charge on any atom is 0.356 e. The van der Waals surface area contributed by atoms with E-state index in [0.29, 0.717) is 15.8 Å². The Kier molecular flexibility index (Phi) is 6.54. The molecule has 25 heavy (non-hydrogen) atoms. The standard InChI is InChI=1S/C15H17ClN4O3S2/c1-7(2)23-10-4-3-8(5-9(10)16)14-19-11(6-24-14)25-13(17)12(20-18)15(21)22/h3-7,20H,17-18H2,1-2H3,(H,21,22)/b13-12+. The molecule has 0 aliphatic heterocycles. The van der Waals surface area contributed by atoms with Crippen LogP contribution in [-0.4, -0.2) is 22.2 Å². The van der Waals surface area contributed by atoms with E-state index < -0.39 is 5.97 Å². The summed E-state index contributed by atoms with van der Waals surface area (Å²) in [7, 11) is 0. The summed E-state index contributed by atoms with van der Waals surface area (Å²) in [6.45, 7) is 3.85. The van der Waals surface area contributed by atoms with E-state index in [0.717, 1.165) is 22.3 Å². The van der Waals surface area contributed by atoms with Gasteiger partial charge in [-0.05, 0) is 43.8 Å². The van der Waals surface area contributed by atoms with Gasteiger partial charge in [0.1, 0.15) is 20.8 Å². The molecule has 0 aliphatic rings. The van der Waals surface area contributed by atoms with Crippen molar-refractivity contribution in [2.75, 3.05) is 0 Å². The highest BCUT2D eigenvalue weighted by molar-refractivity contribution is 8.03. The minimum atomic E-state index is -1.24. The summed E-state index contributed by atoms with van der Waals surface area (Å²) in [5.74, 6) is 4.53. The van der Waals surface area contributed by atoms with Crippen LogP contribution in [0.1, 0.15) is 13.8 Å². The van der Waals surface area contributed by atoms with Crippen LogP contribution >= 0.6 is 34.7 Å². The first-order valence-electron chi connectivity index (χ1n) is 7.11. The second-order valence-electron chi connectivity index (χ2n) is 5.09. The van der Waals surface area contributed by atoms with Crippen LogP contribution in [0.2, 0.25) is 5.02 Å². The van der Waals surface area contributed by atoms with Crippen LogP contribution < -0.4 is 21.7 Å². The highest BCUT2D eigenvalue weighted by Gasteiger charge is 2.14. The van der Waals surface area contributed by atoms with Crippen molar-refractivity contribution in [2.24, 2.45) is 11.6 Å². The molecule has 0 bridgehead atoms. The maximum atomic E-state index is 11.0. The molecule has 1 aromatic carbocycles. The summed E-state index contributed by atoms with van der Waals surface area (Å²) < 4.78 is 5.60. The molecular formula is C15H17ClN4O3S2. The molecule has 10 heteroatoms. The molecule has 2 aromatic rings. The van der Waals surface area contributed by atoms with Gasteiger partial charge in [0, 0.05) is 10.9 Å². The van der Waals surface area contributed by atoms with Gasteiger partial charge < -0.3 is 21.0 Å². The minimum absolute atomic E-state index is 0.0190. The van der Waals surface area contributed by atoms with E-state index in [1.54, 1.807) is 17.5 Å². The quantitative estimate of drug-likeness (QED) is 0.242. The summed E-state index contributed by atoms with van der Waals surface area (Å²) in [6, 6.07) is 5.43. The van der Waals surface area contributed by atoms with Gasteiger partial charge in [0.05, 0.1) is 11.1 Å². The van der Waals surface area contributed by atoms with Crippen molar-refractivity contribution in [1.82, 2.24) is 10.4 Å². The number of thioether (sulfide) groups is 1. The Morgan fingerprint density at radius 3 is 2.76 bits per heavy atom. The highest BCUT2D eigenvalue weighted by Crippen LogP contribution is 2.35. The first kappa shape index (κ1) is 19.4. The number of nitrogens with zero attached hydrogens (tertiary/aromatic N) is 1. The number of aromatic nitrogens is 1. The third-order valence-electron chi connectivity index (χ3n) is 2.84.